The fraction of sp³-hybridized carbons (Fsp3) is 0.0952. The van der Waals surface area contributed by atoms with Crippen LogP contribution < -0.4 is 9.46 Å². The second kappa shape index (κ2) is 7.62. The highest BCUT2D eigenvalue weighted by atomic mass is 32.2. The largest absolute Gasteiger partial charge is 0.573 e. The normalized spacial score (nSPS) is 12.1. The van der Waals surface area contributed by atoms with E-state index in [0.29, 0.717) is 5.69 Å². The Morgan fingerprint density at radius 1 is 1.00 bits per heavy atom. The molecule has 0 radical (unpaired) electrons. The molecule has 0 fully saturated rings. The van der Waals surface area contributed by atoms with E-state index in [4.69, 9.17) is 0 Å². The predicted molar refractivity (Wildman–Crippen MR) is 109 cm³/mol. The van der Waals surface area contributed by atoms with Gasteiger partial charge < -0.3 is 9.14 Å². The van der Waals surface area contributed by atoms with Gasteiger partial charge in [-0.3, -0.25) is 4.72 Å². The number of anilines is 1. The lowest BCUT2D eigenvalue weighted by Crippen LogP contribution is -2.20. The number of halogens is 3. The number of sulfonamides is 1. The first-order chi connectivity index (χ1) is 14.6. The van der Waals surface area contributed by atoms with Crippen LogP contribution >= 0.6 is 0 Å². The summed E-state index contributed by atoms with van der Waals surface area (Å²) < 4.78 is 71.1. The van der Waals surface area contributed by atoms with Crippen LogP contribution in [0.3, 0.4) is 0 Å². The van der Waals surface area contributed by atoms with Crippen LogP contribution in [0.4, 0.5) is 18.9 Å². The molecule has 1 N–H and O–H groups in total. The molecule has 4 aromatic rings. The molecule has 31 heavy (non-hydrogen) atoms. The number of benzene rings is 2. The molecule has 0 bridgehead atoms. The quantitative estimate of drug-likeness (QED) is 0.467. The minimum Gasteiger partial charge on any atom is -0.404 e. The topological polar surface area (TPSA) is 72.7 Å². The second-order valence-electron chi connectivity index (χ2n) is 6.73. The molecule has 6 nitrogen and oxygen atoms in total. The molecule has 4 rings (SSSR count). The van der Waals surface area contributed by atoms with E-state index in [1.165, 1.54) is 24.3 Å². The molecule has 0 saturated carbocycles. The third-order valence-corrected chi connectivity index (χ3v) is 5.90. The van der Waals surface area contributed by atoms with Crippen molar-refractivity contribution in [2.45, 2.75) is 18.2 Å². The molecule has 0 aliphatic heterocycles. The lowest BCUT2D eigenvalue weighted by Gasteiger charge is -2.14. The average molecular weight is 447 g/mol. The molecule has 0 atom stereocenters. The Bertz CT molecular complexity index is 1350. The highest BCUT2D eigenvalue weighted by Gasteiger charge is 2.34. The van der Waals surface area contributed by atoms with Gasteiger partial charge in [0.1, 0.15) is 16.3 Å². The molecule has 0 unspecified atom stereocenters. The van der Waals surface area contributed by atoms with E-state index in [1.54, 1.807) is 12.1 Å². The zero-order valence-electron chi connectivity index (χ0n) is 16.1. The maximum Gasteiger partial charge on any atom is 0.573 e. The van der Waals surface area contributed by atoms with E-state index in [2.05, 4.69) is 14.4 Å². The van der Waals surface area contributed by atoms with Gasteiger partial charge in [0.25, 0.3) is 10.0 Å². The number of imidazole rings is 1. The van der Waals surface area contributed by atoms with Crippen molar-refractivity contribution < 1.29 is 26.3 Å². The summed E-state index contributed by atoms with van der Waals surface area (Å²) in [6.45, 7) is 1.95. The molecule has 10 heteroatoms. The van der Waals surface area contributed by atoms with Crippen LogP contribution in [0.25, 0.3) is 16.9 Å². The number of aromatic nitrogens is 2. The highest BCUT2D eigenvalue weighted by molar-refractivity contribution is 7.92. The number of alkyl halides is 3. The Morgan fingerprint density at radius 3 is 2.39 bits per heavy atom. The van der Waals surface area contributed by atoms with Crippen molar-refractivity contribution in [2.24, 2.45) is 0 Å². The van der Waals surface area contributed by atoms with Crippen LogP contribution in [0.1, 0.15) is 5.56 Å². The van der Waals surface area contributed by atoms with Crippen molar-refractivity contribution in [2.75, 3.05) is 4.72 Å². The summed E-state index contributed by atoms with van der Waals surface area (Å²) in [6.07, 6.45) is -1.28. The number of fused-ring (bicyclic) bond motifs is 1. The van der Waals surface area contributed by atoms with Crippen molar-refractivity contribution >= 4 is 21.4 Å². The molecule has 2 aromatic heterocycles. The molecule has 2 aromatic carbocycles. The van der Waals surface area contributed by atoms with Gasteiger partial charge in [0.15, 0.2) is 0 Å². The maximum atomic E-state index is 12.6. The molecular formula is C21H16F3N3O3S. The van der Waals surface area contributed by atoms with Crippen LogP contribution in [0.15, 0.2) is 78.0 Å². The van der Waals surface area contributed by atoms with E-state index >= 15 is 0 Å². The Labute approximate surface area is 176 Å². The minimum absolute atomic E-state index is 0.186. The standard InChI is InChI=1S/C21H16F3N3O3S/c1-14-5-4-12-27-13-17(25-20(14)27)15-8-10-16(11-9-15)26-31(28,29)19-7-3-2-6-18(19)30-21(22,23)24/h2-13,26H,1H3. The summed E-state index contributed by atoms with van der Waals surface area (Å²) in [5, 5.41) is 0. The summed E-state index contributed by atoms with van der Waals surface area (Å²) in [6, 6.07) is 14.8. The number of ether oxygens (including phenoxy) is 1. The van der Waals surface area contributed by atoms with Gasteiger partial charge in [-0.05, 0) is 42.8 Å². The average Bonchev–Trinajstić information content (AvgIpc) is 3.13. The highest BCUT2D eigenvalue weighted by Crippen LogP contribution is 2.31. The lowest BCUT2D eigenvalue weighted by atomic mass is 10.1. The Morgan fingerprint density at radius 2 is 1.71 bits per heavy atom. The summed E-state index contributed by atoms with van der Waals surface area (Å²) in [7, 11) is -4.31. The summed E-state index contributed by atoms with van der Waals surface area (Å²) in [4.78, 5) is 3.96. The first kappa shape index (κ1) is 20.7. The van der Waals surface area contributed by atoms with Crippen molar-refractivity contribution in [3.8, 4) is 17.0 Å². The minimum atomic E-state index is -5.01. The third kappa shape index (κ3) is 4.48. The van der Waals surface area contributed by atoms with E-state index in [0.717, 1.165) is 28.9 Å². The zero-order valence-corrected chi connectivity index (χ0v) is 16.9. The SMILES string of the molecule is Cc1cccn2cc(-c3ccc(NS(=O)(=O)c4ccccc4OC(F)(F)F)cc3)nc12. The summed E-state index contributed by atoms with van der Waals surface area (Å²) in [5.74, 6) is -0.806. The van der Waals surface area contributed by atoms with Gasteiger partial charge in [-0.15, -0.1) is 13.2 Å². The molecule has 0 amide bonds. The van der Waals surface area contributed by atoms with Gasteiger partial charge in [-0.2, -0.15) is 0 Å². The van der Waals surface area contributed by atoms with Gasteiger partial charge >= 0.3 is 6.36 Å². The molecule has 0 aliphatic carbocycles. The third-order valence-electron chi connectivity index (χ3n) is 4.48. The van der Waals surface area contributed by atoms with Crippen LogP contribution in [0.5, 0.6) is 5.75 Å². The fourth-order valence-electron chi connectivity index (χ4n) is 3.09. The van der Waals surface area contributed by atoms with Gasteiger partial charge in [0.05, 0.1) is 5.69 Å². The molecular weight excluding hydrogens is 431 g/mol. The molecule has 2 heterocycles. The van der Waals surface area contributed by atoms with Gasteiger partial charge in [-0.25, -0.2) is 13.4 Å². The van der Waals surface area contributed by atoms with Crippen molar-refractivity contribution in [3.63, 3.8) is 0 Å². The zero-order chi connectivity index (χ0) is 22.2. The van der Waals surface area contributed by atoms with E-state index < -0.39 is 27.0 Å². The van der Waals surface area contributed by atoms with Crippen molar-refractivity contribution in [3.05, 3.63) is 78.6 Å². The van der Waals surface area contributed by atoms with Crippen LogP contribution in [0, 0.1) is 6.92 Å². The van der Waals surface area contributed by atoms with E-state index in [9.17, 15) is 21.6 Å². The number of nitrogens with one attached hydrogen (secondary N) is 1. The molecule has 0 spiro atoms. The van der Waals surface area contributed by atoms with Crippen LogP contribution in [0.2, 0.25) is 0 Å². The second-order valence-corrected chi connectivity index (χ2v) is 8.38. The number of hydrogen-bond donors (Lipinski definition) is 1. The van der Waals surface area contributed by atoms with E-state index in [1.807, 2.05) is 35.9 Å². The van der Waals surface area contributed by atoms with Gasteiger partial charge in [0, 0.05) is 23.6 Å². The van der Waals surface area contributed by atoms with Crippen molar-refractivity contribution in [1.29, 1.82) is 0 Å². The van der Waals surface area contributed by atoms with E-state index in [-0.39, 0.29) is 5.69 Å². The predicted octanol–water partition coefficient (Wildman–Crippen LogP) is 5.01. The first-order valence-electron chi connectivity index (χ1n) is 9.05. The summed E-state index contributed by atoms with van der Waals surface area (Å²) in [5.41, 5.74) is 3.46. The number of rotatable bonds is 5. The van der Waals surface area contributed by atoms with Gasteiger partial charge in [-0.1, -0.05) is 30.3 Å². The number of pyridine rings is 1. The van der Waals surface area contributed by atoms with Crippen molar-refractivity contribution in [1.82, 2.24) is 9.38 Å². The number of hydrogen-bond acceptors (Lipinski definition) is 4. The Hall–Kier alpha value is -3.53. The Balaban J connectivity index is 1.60. The number of aryl methyl sites for hydroxylation is 1. The van der Waals surface area contributed by atoms with Crippen LogP contribution in [-0.4, -0.2) is 24.2 Å². The number of para-hydroxylation sites is 1. The lowest BCUT2D eigenvalue weighted by molar-refractivity contribution is -0.275. The monoisotopic (exact) mass is 447 g/mol. The smallest absolute Gasteiger partial charge is 0.404 e. The molecule has 160 valence electrons. The molecule has 0 saturated heterocycles. The van der Waals surface area contributed by atoms with Gasteiger partial charge in [0.2, 0.25) is 0 Å². The first-order valence-corrected chi connectivity index (χ1v) is 10.5. The summed E-state index contributed by atoms with van der Waals surface area (Å²) >= 11 is 0. The fourth-order valence-corrected chi connectivity index (χ4v) is 4.28. The molecule has 0 aliphatic rings. The number of nitrogens with zero attached hydrogens (tertiary/aromatic N) is 2. The van der Waals surface area contributed by atoms with Crippen LogP contribution in [-0.2, 0) is 10.0 Å². The Kier molecular flexibility index (Phi) is 5.10. The maximum absolute atomic E-state index is 12.6.